The van der Waals surface area contributed by atoms with E-state index in [0.717, 1.165) is 19.5 Å². The summed E-state index contributed by atoms with van der Waals surface area (Å²) < 4.78 is 5.37. The SMILES string of the molecule is COC(C)(C)CCNCc1ccccc1C. The number of hydrogen-bond donors (Lipinski definition) is 1. The summed E-state index contributed by atoms with van der Waals surface area (Å²) in [5.74, 6) is 0. The Bertz CT molecular complexity index is 320. The fourth-order valence-electron chi connectivity index (χ4n) is 1.52. The van der Waals surface area contributed by atoms with Crippen LogP contribution in [0.25, 0.3) is 0 Å². The Balaban J connectivity index is 2.29. The molecule has 0 aliphatic heterocycles. The van der Waals surface area contributed by atoms with Gasteiger partial charge in [0.15, 0.2) is 0 Å². The zero-order chi connectivity index (χ0) is 12.0. The van der Waals surface area contributed by atoms with Crippen molar-refractivity contribution in [2.45, 2.75) is 39.3 Å². The Morgan fingerprint density at radius 1 is 1.25 bits per heavy atom. The van der Waals surface area contributed by atoms with Gasteiger partial charge in [-0.05, 0) is 44.9 Å². The van der Waals surface area contributed by atoms with Crippen LogP contribution >= 0.6 is 0 Å². The molecule has 0 saturated heterocycles. The Labute approximate surface area is 99.0 Å². The van der Waals surface area contributed by atoms with Gasteiger partial charge in [-0.25, -0.2) is 0 Å². The molecular formula is C14H23NO. The molecular weight excluding hydrogens is 198 g/mol. The first-order valence-corrected chi connectivity index (χ1v) is 5.85. The van der Waals surface area contributed by atoms with Crippen LogP contribution in [0.1, 0.15) is 31.4 Å². The maximum absolute atomic E-state index is 5.37. The van der Waals surface area contributed by atoms with Gasteiger partial charge < -0.3 is 10.1 Å². The number of rotatable bonds is 6. The molecule has 0 heterocycles. The molecule has 0 aliphatic carbocycles. The summed E-state index contributed by atoms with van der Waals surface area (Å²) in [4.78, 5) is 0. The minimum absolute atomic E-state index is 0.0290. The van der Waals surface area contributed by atoms with Crippen molar-refractivity contribution in [3.63, 3.8) is 0 Å². The van der Waals surface area contributed by atoms with Crippen LogP contribution in [0.3, 0.4) is 0 Å². The number of benzene rings is 1. The van der Waals surface area contributed by atoms with Crippen LogP contribution in [0.15, 0.2) is 24.3 Å². The van der Waals surface area contributed by atoms with Crippen molar-refractivity contribution in [1.29, 1.82) is 0 Å². The summed E-state index contributed by atoms with van der Waals surface area (Å²) in [5.41, 5.74) is 2.69. The average molecular weight is 221 g/mol. The molecule has 0 radical (unpaired) electrons. The standard InChI is InChI=1S/C14H23NO/c1-12-7-5-6-8-13(12)11-15-10-9-14(2,3)16-4/h5-8,15H,9-11H2,1-4H3. The molecule has 0 amide bonds. The van der Waals surface area contributed by atoms with Crippen molar-refractivity contribution in [3.8, 4) is 0 Å². The second kappa shape index (κ2) is 6.02. The van der Waals surface area contributed by atoms with Gasteiger partial charge in [-0.1, -0.05) is 24.3 Å². The van der Waals surface area contributed by atoms with Gasteiger partial charge >= 0.3 is 0 Å². The van der Waals surface area contributed by atoms with Gasteiger partial charge in [0.25, 0.3) is 0 Å². The molecule has 1 aromatic carbocycles. The van der Waals surface area contributed by atoms with Crippen LogP contribution in [0.2, 0.25) is 0 Å². The van der Waals surface area contributed by atoms with Gasteiger partial charge in [-0.15, -0.1) is 0 Å². The first-order chi connectivity index (χ1) is 7.55. The van der Waals surface area contributed by atoms with E-state index in [-0.39, 0.29) is 5.60 Å². The predicted octanol–water partition coefficient (Wildman–Crippen LogP) is 2.90. The molecule has 0 unspecified atom stereocenters. The number of aryl methyl sites for hydroxylation is 1. The third-order valence-electron chi connectivity index (χ3n) is 3.03. The van der Waals surface area contributed by atoms with E-state index in [4.69, 9.17) is 4.74 Å². The van der Waals surface area contributed by atoms with E-state index < -0.39 is 0 Å². The van der Waals surface area contributed by atoms with Crippen LogP contribution < -0.4 is 5.32 Å². The van der Waals surface area contributed by atoms with E-state index in [2.05, 4.69) is 50.4 Å². The number of ether oxygens (including phenoxy) is 1. The highest BCUT2D eigenvalue weighted by molar-refractivity contribution is 5.25. The molecule has 0 saturated carbocycles. The molecule has 90 valence electrons. The average Bonchev–Trinajstić information content (AvgIpc) is 2.27. The van der Waals surface area contributed by atoms with E-state index in [9.17, 15) is 0 Å². The second-order valence-electron chi connectivity index (χ2n) is 4.82. The summed E-state index contributed by atoms with van der Waals surface area (Å²) in [6.45, 7) is 8.29. The molecule has 2 heteroatoms. The van der Waals surface area contributed by atoms with Crippen molar-refractivity contribution < 1.29 is 4.74 Å². The third-order valence-corrected chi connectivity index (χ3v) is 3.03. The molecule has 0 aromatic heterocycles. The highest BCUT2D eigenvalue weighted by Gasteiger charge is 2.14. The summed E-state index contributed by atoms with van der Waals surface area (Å²) in [6.07, 6.45) is 1.02. The van der Waals surface area contributed by atoms with E-state index in [1.807, 2.05) is 0 Å². The van der Waals surface area contributed by atoms with Crippen LogP contribution in [0, 0.1) is 6.92 Å². The van der Waals surface area contributed by atoms with E-state index in [0.29, 0.717) is 0 Å². The van der Waals surface area contributed by atoms with Crippen molar-refractivity contribution in [3.05, 3.63) is 35.4 Å². The minimum atomic E-state index is -0.0290. The second-order valence-corrected chi connectivity index (χ2v) is 4.82. The molecule has 2 nitrogen and oxygen atoms in total. The quantitative estimate of drug-likeness (QED) is 0.746. The molecule has 1 N–H and O–H groups in total. The number of nitrogens with one attached hydrogen (secondary N) is 1. The fraction of sp³-hybridized carbons (Fsp3) is 0.571. The Morgan fingerprint density at radius 3 is 2.56 bits per heavy atom. The smallest absolute Gasteiger partial charge is 0.0634 e. The predicted molar refractivity (Wildman–Crippen MR) is 68.6 cm³/mol. The maximum Gasteiger partial charge on any atom is 0.0634 e. The highest BCUT2D eigenvalue weighted by Crippen LogP contribution is 2.12. The fourth-order valence-corrected chi connectivity index (χ4v) is 1.52. The molecule has 16 heavy (non-hydrogen) atoms. The Kier molecular flexibility index (Phi) is 4.97. The largest absolute Gasteiger partial charge is 0.379 e. The highest BCUT2D eigenvalue weighted by atomic mass is 16.5. The minimum Gasteiger partial charge on any atom is -0.379 e. The van der Waals surface area contributed by atoms with Gasteiger partial charge in [0.1, 0.15) is 0 Å². The zero-order valence-corrected chi connectivity index (χ0v) is 10.8. The van der Waals surface area contributed by atoms with Gasteiger partial charge in [0.2, 0.25) is 0 Å². The van der Waals surface area contributed by atoms with Crippen LogP contribution in [0.4, 0.5) is 0 Å². The van der Waals surface area contributed by atoms with E-state index in [1.165, 1.54) is 11.1 Å². The van der Waals surface area contributed by atoms with Crippen molar-refractivity contribution in [1.82, 2.24) is 5.32 Å². The van der Waals surface area contributed by atoms with Crippen LogP contribution in [0.5, 0.6) is 0 Å². The first kappa shape index (κ1) is 13.2. The normalized spacial score (nSPS) is 11.8. The van der Waals surface area contributed by atoms with Crippen molar-refractivity contribution in [2.24, 2.45) is 0 Å². The monoisotopic (exact) mass is 221 g/mol. The molecule has 0 fully saturated rings. The van der Waals surface area contributed by atoms with Crippen LogP contribution in [-0.4, -0.2) is 19.3 Å². The molecule has 1 aromatic rings. The van der Waals surface area contributed by atoms with Crippen molar-refractivity contribution >= 4 is 0 Å². The topological polar surface area (TPSA) is 21.3 Å². The van der Waals surface area contributed by atoms with Gasteiger partial charge in [0, 0.05) is 13.7 Å². The van der Waals surface area contributed by atoms with Crippen LogP contribution in [-0.2, 0) is 11.3 Å². The zero-order valence-electron chi connectivity index (χ0n) is 10.8. The summed E-state index contributed by atoms with van der Waals surface area (Å²) in [5, 5.41) is 3.45. The van der Waals surface area contributed by atoms with Gasteiger partial charge in [0.05, 0.1) is 5.60 Å². The molecule has 1 rings (SSSR count). The summed E-state index contributed by atoms with van der Waals surface area (Å²) >= 11 is 0. The van der Waals surface area contributed by atoms with Gasteiger partial charge in [-0.3, -0.25) is 0 Å². The number of hydrogen-bond acceptors (Lipinski definition) is 2. The lowest BCUT2D eigenvalue weighted by Gasteiger charge is -2.22. The van der Waals surface area contributed by atoms with Gasteiger partial charge in [-0.2, -0.15) is 0 Å². The Morgan fingerprint density at radius 2 is 1.94 bits per heavy atom. The Hall–Kier alpha value is -0.860. The lowest BCUT2D eigenvalue weighted by atomic mass is 10.1. The molecule has 0 bridgehead atoms. The molecule has 0 aliphatic rings. The summed E-state index contributed by atoms with van der Waals surface area (Å²) in [6, 6.07) is 8.48. The van der Waals surface area contributed by atoms with E-state index in [1.54, 1.807) is 7.11 Å². The summed E-state index contributed by atoms with van der Waals surface area (Å²) in [7, 11) is 1.77. The molecule has 0 spiro atoms. The lowest BCUT2D eigenvalue weighted by Crippen LogP contribution is -2.28. The molecule has 0 atom stereocenters. The van der Waals surface area contributed by atoms with Crippen molar-refractivity contribution in [2.75, 3.05) is 13.7 Å². The first-order valence-electron chi connectivity index (χ1n) is 5.85. The third kappa shape index (κ3) is 4.33. The number of methoxy groups -OCH3 is 1. The van der Waals surface area contributed by atoms with E-state index >= 15 is 0 Å². The lowest BCUT2D eigenvalue weighted by molar-refractivity contribution is 0.0158. The maximum atomic E-state index is 5.37.